The average Bonchev–Trinajstić information content (AvgIpc) is 2.25. The summed E-state index contributed by atoms with van der Waals surface area (Å²) in [5.41, 5.74) is 0.174. The van der Waals surface area contributed by atoms with Gasteiger partial charge in [-0.05, 0) is 46.2 Å². The van der Waals surface area contributed by atoms with E-state index in [2.05, 4.69) is 27.7 Å². The summed E-state index contributed by atoms with van der Waals surface area (Å²) in [6, 6.07) is 0. The molecule has 0 aromatic heterocycles. The standard InChI is InChI=1S/C10H18BO2.K/c1-8(2)5-6-9(3)10(4,7-8)13-11-12-9;/h5-7H2,1-4H3;/q-1;+1. The second kappa shape index (κ2) is 4.13. The molecular weight excluding hydrogens is 202 g/mol. The Morgan fingerprint density at radius 1 is 0.929 bits per heavy atom. The fourth-order valence-corrected chi connectivity index (χ4v) is 2.62. The molecule has 1 aliphatic carbocycles. The summed E-state index contributed by atoms with van der Waals surface area (Å²) in [5.74, 6) is 0. The molecule has 2 fully saturated rings. The van der Waals surface area contributed by atoms with Gasteiger partial charge in [-0.25, -0.2) is 0 Å². The van der Waals surface area contributed by atoms with Crippen LogP contribution in [-0.2, 0) is 9.31 Å². The summed E-state index contributed by atoms with van der Waals surface area (Å²) < 4.78 is 11.2. The van der Waals surface area contributed by atoms with Gasteiger partial charge in [0.15, 0.2) is 0 Å². The average molecular weight is 220 g/mol. The van der Waals surface area contributed by atoms with Crippen LogP contribution in [0.4, 0.5) is 0 Å². The van der Waals surface area contributed by atoms with Gasteiger partial charge in [-0.15, -0.1) is 0 Å². The van der Waals surface area contributed by atoms with Crippen molar-refractivity contribution in [2.24, 2.45) is 5.41 Å². The molecule has 0 spiro atoms. The van der Waals surface area contributed by atoms with Crippen LogP contribution in [0.5, 0.6) is 0 Å². The molecule has 2 nitrogen and oxygen atoms in total. The van der Waals surface area contributed by atoms with E-state index in [9.17, 15) is 0 Å². The van der Waals surface area contributed by atoms with Crippen LogP contribution in [0.3, 0.4) is 0 Å². The third kappa shape index (κ3) is 2.17. The first-order valence-electron chi connectivity index (χ1n) is 5.04. The van der Waals surface area contributed by atoms with Gasteiger partial charge in [-0.1, -0.05) is 13.8 Å². The van der Waals surface area contributed by atoms with Crippen molar-refractivity contribution in [3.63, 3.8) is 0 Å². The normalized spacial score (nSPS) is 45.4. The Balaban J connectivity index is 0.000000980. The maximum absolute atomic E-state index is 5.64. The van der Waals surface area contributed by atoms with Gasteiger partial charge in [0.1, 0.15) is 0 Å². The van der Waals surface area contributed by atoms with Gasteiger partial charge < -0.3 is 9.31 Å². The van der Waals surface area contributed by atoms with Gasteiger partial charge in [0, 0.05) is 11.2 Å². The molecule has 2 unspecified atom stereocenters. The molecule has 0 bridgehead atoms. The van der Waals surface area contributed by atoms with E-state index in [-0.39, 0.29) is 62.6 Å². The molecular formula is C10H18BKO2. The van der Waals surface area contributed by atoms with Gasteiger partial charge in [0.2, 0.25) is 0 Å². The molecule has 2 aliphatic rings. The second-order valence-electron chi connectivity index (χ2n) is 5.63. The van der Waals surface area contributed by atoms with Gasteiger partial charge in [0.05, 0.1) is 0 Å². The number of fused-ring (bicyclic) bond motifs is 1. The number of hydrogen-bond acceptors (Lipinski definition) is 2. The predicted octanol–water partition coefficient (Wildman–Crippen LogP) is -0.701. The molecule has 14 heavy (non-hydrogen) atoms. The van der Waals surface area contributed by atoms with Gasteiger partial charge in [-0.2, -0.15) is 0 Å². The van der Waals surface area contributed by atoms with Crippen molar-refractivity contribution in [1.29, 1.82) is 0 Å². The van der Waals surface area contributed by atoms with Crippen molar-refractivity contribution >= 4 is 7.69 Å². The Hall–Kier alpha value is 1.62. The Morgan fingerprint density at radius 2 is 1.50 bits per heavy atom. The van der Waals surface area contributed by atoms with Crippen molar-refractivity contribution in [2.45, 2.75) is 58.2 Å². The minimum atomic E-state index is -0.116. The molecule has 0 amide bonds. The number of hydrogen-bond donors (Lipinski definition) is 0. The smallest absolute Gasteiger partial charge is 0.620 e. The van der Waals surface area contributed by atoms with Gasteiger partial charge in [-0.3, -0.25) is 0 Å². The van der Waals surface area contributed by atoms with Crippen molar-refractivity contribution in [3.05, 3.63) is 0 Å². The van der Waals surface area contributed by atoms with Gasteiger partial charge >= 0.3 is 51.4 Å². The minimum absolute atomic E-state index is 0. The van der Waals surface area contributed by atoms with Crippen LogP contribution in [0.1, 0.15) is 47.0 Å². The first kappa shape index (κ1) is 13.7. The predicted molar refractivity (Wildman–Crippen MR) is 52.4 cm³/mol. The van der Waals surface area contributed by atoms with E-state index in [4.69, 9.17) is 9.31 Å². The van der Waals surface area contributed by atoms with E-state index in [1.54, 1.807) is 0 Å². The maximum Gasteiger partial charge on any atom is 1.00 e. The van der Waals surface area contributed by atoms with Gasteiger partial charge in [0.25, 0.3) is 0 Å². The monoisotopic (exact) mass is 220 g/mol. The second-order valence-corrected chi connectivity index (χ2v) is 5.63. The van der Waals surface area contributed by atoms with Crippen LogP contribution in [0.2, 0.25) is 0 Å². The van der Waals surface area contributed by atoms with Crippen LogP contribution >= 0.6 is 0 Å². The van der Waals surface area contributed by atoms with E-state index < -0.39 is 0 Å². The third-order valence-electron chi connectivity index (χ3n) is 3.83. The summed E-state index contributed by atoms with van der Waals surface area (Å²) in [4.78, 5) is 0. The number of rotatable bonds is 0. The molecule has 2 radical (unpaired) electrons. The summed E-state index contributed by atoms with van der Waals surface area (Å²) in [7, 11) is 1.53. The van der Waals surface area contributed by atoms with Crippen molar-refractivity contribution in [3.8, 4) is 0 Å². The molecule has 0 N–H and O–H groups in total. The maximum atomic E-state index is 5.64. The van der Waals surface area contributed by atoms with E-state index in [0.717, 1.165) is 12.8 Å². The van der Waals surface area contributed by atoms with E-state index in [0.29, 0.717) is 5.41 Å². The molecule has 1 aliphatic heterocycles. The molecule has 2 rings (SSSR count). The topological polar surface area (TPSA) is 18.5 Å². The van der Waals surface area contributed by atoms with Crippen LogP contribution in [0.15, 0.2) is 0 Å². The van der Waals surface area contributed by atoms with Crippen LogP contribution < -0.4 is 51.4 Å². The fraction of sp³-hybridized carbons (Fsp3) is 1.00. The molecule has 1 saturated heterocycles. The Kier molecular flexibility index (Phi) is 4.04. The third-order valence-corrected chi connectivity index (χ3v) is 3.83. The van der Waals surface area contributed by atoms with E-state index in [1.807, 2.05) is 0 Å². The van der Waals surface area contributed by atoms with Crippen LogP contribution in [0.25, 0.3) is 0 Å². The first-order chi connectivity index (χ1) is 5.87. The SMILES string of the molecule is CC1(C)CCC2(C)O[B-]OC2(C)C1.[K+]. The van der Waals surface area contributed by atoms with Crippen molar-refractivity contribution in [1.82, 2.24) is 0 Å². The zero-order valence-corrected chi connectivity index (χ0v) is 13.1. The largest absolute Gasteiger partial charge is 1.00 e. The van der Waals surface area contributed by atoms with E-state index >= 15 is 0 Å². The Morgan fingerprint density at radius 3 is 2.14 bits per heavy atom. The zero-order chi connectivity index (χ0) is 9.74. The quantitative estimate of drug-likeness (QED) is 0.502. The summed E-state index contributed by atoms with van der Waals surface area (Å²) in [5, 5.41) is 0. The molecule has 2 atom stereocenters. The molecule has 74 valence electrons. The van der Waals surface area contributed by atoms with Crippen molar-refractivity contribution < 1.29 is 60.7 Å². The van der Waals surface area contributed by atoms with Crippen LogP contribution in [0, 0.1) is 5.41 Å². The first-order valence-corrected chi connectivity index (χ1v) is 5.04. The van der Waals surface area contributed by atoms with E-state index in [1.165, 1.54) is 14.1 Å². The Bertz CT molecular complexity index is 234. The molecule has 4 heteroatoms. The Labute approximate surface area is 130 Å². The fourth-order valence-electron chi connectivity index (χ4n) is 2.62. The van der Waals surface area contributed by atoms with Crippen molar-refractivity contribution in [2.75, 3.05) is 0 Å². The summed E-state index contributed by atoms with van der Waals surface area (Å²) in [6.07, 6.45) is 3.39. The zero-order valence-electron chi connectivity index (χ0n) is 10.0. The summed E-state index contributed by atoms with van der Waals surface area (Å²) in [6.45, 7) is 8.93. The molecule has 1 heterocycles. The molecule has 0 aromatic rings. The minimum Gasteiger partial charge on any atom is -0.620 e. The molecule has 1 saturated carbocycles. The molecule has 0 aromatic carbocycles. The summed E-state index contributed by atoms with van der Waals surface area (Å²) >= 11 is 0. The van der Waals surface area contributed by atoms with Crippen LogP contribution in [-0.4, -0.2) is 18.9 Å².